The monoisotopic (exact) mass is 344 g/mol. The highest BCUT2D eigenvalue weighted by Crippen LogP contribution is 2.32. The summed E-state index contributed by atoms with van der Waals surface area (Å²) in [5.41, 5.74) is 5.79. The summed E-state index contributed by atoms with van der Waals surface area (Å²) in [6.07, 6.45) is 4.31. The average molecular weight is 345 g/mol. The van der Waals surface area contributed by atoms with Crippen molar-refractivity contribution in [3.63, 3.8) is 0 Å². The van der Waals surface area contributed by atoms with Gasteiger partial charge in [0.25, 0.3) is 0 Å². The molecule has 1 aromatic rings. The molecule has 2 nitrogen and oxygen atoms in total. The maximum atomic E-state index is 3.90. The summed E-state index contributed by atoms with van der Waals surface area (Å²) in [6, 6.07) is 5.19. The summed E-state index contributed by atoms with van der Waals surface area (Å²) in [4.78, 5) is 2.64. The van der Waals surface area contributed by atoms with E-state index in [2.05, 4.69) is 49.7 Å². The molecule has 22 heavy (non-hydrogen) atoms. The van der Waals surface area contributed by atoms with E-state index in [4.69, 9.17) is 0 Å². The van der Waals surface area contributed by atoms with Gasteiger partial charge in [-0.1, -0.05) is 23.8 Å². The molecule has 1 saturated heterocycles. The minimum atomic E-state index is 0. The topological polar surface area (TPSA) is 15.3 Å². The van der Waals surface area contributed by atoms with E-state index < -0.39 is 0 Å². The number of hydrogen-bond acceptors (Lipinski definition) is 2. The van der Waals surface area contributed by atoms with Gasteiger partial charge in [-0.15, -0.1) is 31.4 Å². The highest BCUT2D eigenvalue weighted by molar-refractivity contribution is 5.85. The van der Waals surface area contributed by atoms with E-state index in [1.165, 1.54) is 23.1 Å². The lowest BCUT2D eigenvalue weighted by Gasteiger charge is -2.37. The molecule has 0 saturated carbocycles. The zero-order chi connectivity index (χ0) is 14.5. The number of halogens is 2. The van der Waals surface area contributed by atoms with Crippen molar-refractivity contribution in [1.82, 2.24) is 10.2 Å². The largest absolute Gasteiger partial charge is 0.314 e. The Balaban J connectivity index is 0.00000220. The van der Waals surface area contributed by atoms with E-state index in [1.807, 2.05) is 6.08 Å². The maximum Gasteiger partial charge on any atom is 0.0357 e. The molecule has 0 radical (unpaired) electrons. The van der Waals surface area contributed by atoms with Crippen molar-refractivity contribution in [2.45, 2.75) is 39.7 Å². The molecule has 0 amide bonds. The van der Waals surface area contributed by atoms with Gasteiger partial charge in [0.1, 0.15) is 0 Å². The molecule has 1 fully saturated rings. The van der Waals surface area contributed by atoms with Crippen LogP contribution in [0, 0.1) is 20.8 Å². The van der Waals surface area contributed by atoms with Crippen LogP contribution in [0.5, 0.6) is 0 Å². The van der Waals surface area contributed by atoms with E-state index in [1.54, 1.807) is 5.56 Å². The molecule has 1 atom stereocenters. The van der Waals surface area contributed by atoms with Crippen LogP contribution in [-0.4, -0.2) is 31.1 Å². The number of piperazine rings is 1. The molecule has 1 aromatic carbocycles. The van der Waals surface area contributed by atoms with Crippen LogP contribution in [0.25, 0.3) is 0 Å². The van der Waals surface area contributed by atoms with Gasteiger partial charge in [0.05, 0.1) is 0 Å². The van der Waals surface area contributed by atoms with E-state index >= 15 is 0 Å². The van der Waals surface area contributed by atoms with Crippen LogP contribution in [0.2, 0.25) is 0 Å². The average Bonchev–Trinajstić information content (AvgIpc) is 2.42. The fourth-order valence-corrected chi connectivity index (χ4v) is 3.50. The molecule has 0 unspecified atom stereocenters. The lowest BCUT2D eigenvalue weighted by molar-refractivity contribution is 0.165. The first-order chi connectivity index (χ1) is 9.63. The van der Waals surface area contributed by atoms with Crippen molar-refractivity contribution in [3.05, 3.63) is 47.0 Å². The first kappa shape index (κ1) is 21.5. The van der Waals surface area contributed by atoms with Crippen molar-refractivity contribution in [3.8, 4) is 0 Å². The van der Waals surface area contributed by atoms with Crippen LogP contribution >= 0.6 is 24.8 Å². The predicted octanol–water partition coefficient (Wildman–Crippen LogP) is 4.37. The number of aryl methyl sites for hydroxylation is 3. The standard InChI is InChI=1S/C18H28N2.2ClH/c1-5-6-7-17(20-10-8-19-9-11-20)18-15(3)12-14(2)13-16(18)4;;/h5,12-13,17,19H,1,6-11H2,2-4H3;2*1H/t17-;;/m0../s1. The summed E-state index contributed by atoms with van der Waals surface area (Å²) in [6.45, 7) is 15.1. The van der Waals surface area contributed by atoms with Gasteiger partial charge in [0, 0.05) is 32.2 Å². The second-order valence-corrected chi connectivity index (χ2v) is 5.98. The summed E-state index contributed by atoms with van der Waals surface area (Å²) in [7, 11) is 0. The van der Waals surface area contributed by atoms with Crippen LogP contribution in [-0.2, 0) is 0 Å². The number of nitrogens with zero attached hydrogens (tertiary/aromatic N) is 1. The molecule has 0 spiro atoms. The molecule has 1 aliphatic heterocycles. The third kappa shape index (κ3) is 5.27. The summed E-state index contributed by atoms with van der Waals surface area (Å²) < 4.78 is 0. The number of hydrogen-bond donors (Lipinski definition) is 1. The van der Waals surface area contributed by atoms with Gasteiger partial charge in [-0.2, -0.15) is 0 Å². The number of benzene rings is 1. The van der Waals surface area contributed by atoms with Gasteiger partial charge >= 0.3 is 0 Å². The Morgan fingerprint density at radius 2 is 1.68 bits per heavy atom. The van der Waals surface area contributed by atoms with Crippen molar-refractivity contribution < 1.29 is 0 Å². The predicted molar refractivity (Wildman–Crippen MR) is 102 cm³/mol. The van der Waals surface area contributed by atoms with Gasteiger partial charge in [0.15, 0.2) is 0 Å². The minimum absolute atomic E-state index is 0. The second-order valence-electron chi connectivity index (χ2n) is 5.98. The number of nitrogens with one attached hydrogen (secondary N) is 1. The van der Waals surface area contributed by atoms with Crippen molar-refractivity contribution >= 4 is 24.8 Å². The molecule has 1 aliphatic rings. The molecular formula is C18H30Cl2N2. The van der Waals surface area contributed by atoms with E-state index in [-0.39, 0.29) is 24.8 Å². The highest BCUT2D eigenvalue weighted by Gasteiger charge is 2.24. The molecule has 0 bridgehead atoms. The Kier molecular flexibility index (Phi) is 10.0. The van der Waals surface area contributed by atoms with Gasteiger partial charge in [-0.3, -0.25) is 4.90 Å². The Bertz CT molecular complexity index is 445. The highest BCUT2D eigenvalue weighted by atomic mass is 35.5. The molecule has 0 aliphatic carbocycles. The van der Waals surface area contributed by atoms with E-state index in [9.17, 15) is 0 Å². The Hall–Kier alpha value is -0.540. The zero-order valence-corrected chi connectivity index (χ0v) is 15.7. The lowest BCUT2D eigenvalue weighted by atomic mass is 9.90. The maximum absolute atomic E-state index is 3.90. The Labute approximate surface area is 148 Å². The zero-order valence-electron chi connectivity index (χ0n) is 14.0. The molecule has 1 N–H and O–H groups in total. The molecule has 4 heteroatoms. The minimum Gasteiger partial charge on any atom is -0.314 e. The van der Waals surface area contributed by atoms with Crippen LogP contribution in [0.15, 0.2) is 24.8 Å². The van der Waals surface area contributed by atoms with Gasteiger partial charge in [-0.25, -0.2) is 0 Å². The van der Waals surface area contributed by atoms with Crippen LogP contribution < -0.4 is 5.32 Å². The lowest BCUT2D eigenvalue weighted by Crippen LogP contribution is -2.45. The SMILES string of the molecule is C=CCC[C@@H](c1c(C)cc(C)cc1C)N1CCNCC1.Cl.Cl. The van der Waals surface area contributed by atoms with Crippen molar-refractivity contribution in [2.75, 3.05) is 26.2 Å². The van der Waals surface area contributed by atoms with Gasteiger partial charge in [-0.05, 0) is 50.3 Å². The first-order valence-electron chi connectivity index (χ1n) is 7.77. The number of allylic oxidation sites excluding steroid dienone is 1. The smallest absolute Gasteiger partial charge is 0.0357 e. The first-order valence-corrected chi connectivity index (χ1v) is 7.77. The van der Waals surface area contributed by atoms with Crippen LogP contribution in [0.3, 0.4) is 0 Å². The van der Waals surface area contributed by atoms with E-state index in [0.29, 0.717) is 6.04 Å². The summed E-state index contributed by atoms with van der Waals surface area (Å²) in [5, 5.41) is 3.45. The molecule has 2 rings (SSSR count). The van der Waals surface area contributed by atoms with Crippen molar-refractivity contribution in [1.29, 1.82) is 0 Å². The molecule has 0 aromatic heterocycles. The summed E-state index contributed by atoms with van der Waals surface area (Å²) in [5.74, 6) is 0. The summed E-state index contributed by atoms with van der Waals surface area (Å²) >= 11 is 0. The van der Waals surface area contributed by atoms with Crippen molar-refractivity contribution in [2.24, 2.45) is 0 Å². The molecule has 1 heterocycles. The third-order valence-corrected chi connectivity index (χ3v) is 4.31. The molecular weight excluding hydrogens is 315 g/mol. The van der Waals surface area contributed by atoms with Crippen LogP contribution in [0.1, 0.15) is 41.1 Å². The quantitative estimate of drug-likeness (QED) is 0.798. The fourth-order valence-electron chi connectivity index (χ4n) is 3.50. The Morgan fingerprint density at radius 1 is 1.14 bits per heavy atom. The fraction of sp³-hybridized carbons (Fsp3) is 0.556. The van der Waals surface area contributed by atoms with E-state index in [0.717, 1.165) is 32.6 Å². The normalized spacial score (nSPS) is 16.3. The molecule has 126 valence electrons. The third-order valence-electron chi connectivity index (χ3n) is 4.31. The van der Waals surface area contributed by atoms with Gasteiger partial charge < -0.3 is 5.32 Å². The second kappa shape index (κ2) is 10.3. The van der Waals surface area contributed by atoms with Crippen LogP contribution in [0.4, 0.5) is 0 Å². The Morgan fingerprint density at radius 3 is 2.18 bits per heavy atom. The van der Waals surface area contributed by atoms with Gasteiger partial charge in [0.2, 0.25) is 0 Å². The number of rotatable bonds is 5.